The van der Waals surface area contributed by atoms with Crippen LogP contribution in [-0.2, 0) is 9.53 Å². The van der Waals surface area contributed by atoms with Gasteiger partial charge in [0.1, 0.15) is 6.10 Å². The molecule has 2 heteroatoms. The summed E-state index contributed by atoms with van der Waals surface area (Å²) >= 11 is 0. The Kier molecular flexibility index (Phi) is 4.84. The molecule has 30 heavy (non-hydrogen) atoms. The van der Waals surface area contributed by atoms with Crippen molar-refractivity contribution in [3.8, 4) is 0 Å². The fourth-order valence-electron chi connectivity index (χ4n) is 6.31. The minimum Gasteiger partial charge on any atom is -0.458 e. The maximum atomic E-state index is 12.7. The molecule has 0 aromatic heterocycles. The molecule has 2 saturated carbocycles. The second-order valence-electron chi connectivity index (χ2n) is 9.96. The van der Waals surface area contributed by atoms with E-state index in [2.05, 4.69) is 69.3 Å². The van der Waals surface area contributed by atoms with E-state index in [4.69, 9.17) is 4.74 Å². The molecule has 0 radical (unpaired) electrons. The smallest absolute Gasteiger partial charge is 0.306 e. The summed E-state index contributed by atoms with van der Waals surface area (Å²) in [5.74, 6) is 3.59. The van der Waals surface area contributed by atoms with Gasteiger partial charge in [0.2, 0.25) is 0 Å². The third-order valence-corrected chi connectivity index (χ3v) is 8.32. The van der Waals surface area contributed by atoms with E-state index in [0.717, 1.165) is 23.3 Å². The predicted molar refractivity (Wildman–Crippen MR) is 123 cm³/mol. The molecule has 2 fully saturated rings. The molecule has 0 heterocycles. The Morgan fingerprint density at radius 3 is 2.60 bits per heavy atom. The van der Waals surface area contributed by atoms with Crippen LogP contribution in [-0.4, -0.2) is 5.97 Å². The van der Waals surface area contributed by atoms with Gasteiger partial charge in [0.05, 0.1) is 0 Å². The van der Waals surface area contributed by atoms with Crippen LogP contribution in [0.1, 0.15) is 57.3 Å². The number of carbonyl (C=O) groups is 1. The molecular formula is C28H32O2. The number of aryl methyl sites for hydroxylation is 1. The van der Waals surface area contributed by atoms with Crippen LogP contribution in [0.2, 0.25) is 0 Å². The van der Waals surface area contributed by atoms with Crippen molar-refractivity contribution in [3.63, 3.8) is 0 Å². The lowest BCUT2D eigenvalue weighted by atomic mass is 9.74. The number of carbonyl (C=O) groups excluding carboxylic acids is 1. The average molecular weight is 401 g/mol. The quantitative estimate of drug-likeness (QED) is 0.341. The van der Waals surface area contributed by atoms with Crippen LogP contribution in [0.5, 0.6) is 0 Å². The molecule has 2 aliphatic rings. The molecule has 3 aromatic carbocycles. The maximum absolute atomic E-state index is 12.7. The predicted octanol–water partition coefficient (Wildman–Crippen LogP) is 7.22. The topological polar surface area (TPSA) is 26.3 Å². The Morgan fingerprint density at radius 1 is 1.00 bits per heavy atom. The zero-order valence-corrected chi connectivity index (χ0v) is 18.5. The fraction of sp³-hybridized carbons (Fsp3) is 0.464. The van der Waals surface area contributed by atoms with Crippen LogP contribution >= 0.6 is 0 Å². The Balaban J connectivity index is 1.30. The van der Waals surface area contributed by atoms with Crippen LogP contribution < -0.4 is 0 Å². The second kappa shape index (κ2) is 7.41. The molecule has 6 unspecified atom stereocenters. The van der Waals surface area contributed by atoms with Crippen LogP contribution in [0.3, 0.4) is 0 Å². The normalized spacial score (nSPS) is 28.9. The Bertz CT molecular complexity index is 1110. The number of fused-ring (bicyclic) bond motifs is 4. The molecule has 5 rings (SSSR count). The van der Waals surface area contributed by atoms with Gasteiger partial charge in [-0.05, 0) is 107 Å². The molecule has 6 atom stereocenters. The molecule has 2 bridgehead atoms. The van der Waals surface area contributed by atoms with E-state index >= 15 is 0 Å². The van der Waals surface area contributed by atoms with Crippen LogP contribution in [0.4, 0.5) is 0 Å². The number of hydrogen-bond donors (Lipinski definition) is 0. The molecule has 0 amide bonds. The fourth-order valence-corrected chi connectivity index (χ4v) is 6.31. The summed E-state index contributed by atoms with van der Waals surface area (Å²) in [6, 6.07) is 17.4. The maximum Gasteiger partial charge on any atom is 0.306 e. The van der Waals surface area contributed by atoms with Crippen molar-refractivity contribution in [2.75, 3.05) is 0 Å². The van der Waals surface area contributed by atoms with Gasteiger partial charge in [0.15, 0.2) is 0 Å². The zero-order chi connectivity index (χ0) is 21.0. The summed E-state index contributed by atoms with van der Waals surface area (Å²) in [7, 11) is 0. The number of esters is 1. The first-order chi connectivity index (χ1) is 14.4. The molecular weight excluding hydrogens is 368 g/mol. The van der Waals surface area contributed by atoms with Crippen molar-refractivity contribution in [2.45, 2.75) is 53.1 Å². The summed E-state index contributed by atoms with van der Waals surface area (Å²) in [6.45, 7) is 8.91. The first-order valence-corrected chi connectivity index (χ1v) is 11.5. The van der Waals surface area contributed by atoms with E-state index in [1.165, 1.54) is 39.9 Å². The van der Waals surface area contributed by atoms with E-state index in [9.17, 15) is 4.79 Å². The van der Waals surface area contributed by atoms with Gasteiger partial charge < -0.3 is 4.74 Å². The summed E-state index contributed by atoms with van der Waals surface area (Å²) in [4.78, 5) is 12.7. The van der Waals surface area contributed by atoms with Gasteiger partial charge in [0.25, 0.3) is 0 Å². The van der Waals surface area contributed by atoms with Gasteiger partial charge in [-0.1, -0.05) is 44.2 Å². The molecule has 156 valence electrons. The van der Waals surface area contributed by atoms with Crippen LogP contribution in [0.15, 0.2) is 48.5 Å². The van der Waals surface area contributed by atoms with Crippen molar-refractivity contribution in [3.05, 3.63) is 59.7 Å². The first kappa shape index (κ1) is 19.6. The average Bonchev–Trinajstić information content (AvgIpc) is 3.25. The minimum absolute atomic E-state index is 0.0332. The van der Waals surface area contributed by atoms with Crippen molar-refractivity contribution in [1.29, 1.82) is 0 Å². The summed E-state index contributed by atoms with van der Waals surface area (Å²) in [6.07, 6.45) is 2.89. The first-order valence-electron chi connectivity index (χ1n) is 11.5. The highest BCUT2D eigenvalue weighted by Gasteiger charge is 2.49. The largest absolute Gasteiger partial charge is 0.458 e. The highest BCUT2D eigenvalue weighted by atomic mass is 16.5. The van der Waals surface area contributed by atoms with Gasteiger partial charge in [-0.2, -0.15) is 0 Å². The van der Waals surface area contributed by atoms with Crippen LogP contribution in [0.25, 0.3) is 21.5 Å². The van der Waals surface area contributed by atoms with Gasteiger partial charge in [-0.25, -0.2) is 0 Å². The number of hydrogen-bond acceptors (Lipinski definition) is 2. The Hall–Kier alpha value is -2.35. The summed E-state index contributed by atoms with van der Waals surface area (Å²) < 4.78 is 5.88. The zero-order valence-electron chi connectivity index (χ0n) is 18.5. The van der Waals surface area contributed by atoms with Gasteiger partial charge in [-0.3, -0.25) is 4.79 Å². The highest BCUT2D eigenvalue weighted by molar-refractivity contribution is 5.99. The van der Waals surface area contributed by atoms with Crippen molar-refractivity contribution < 1.29 is 9.53 Å². The monoisotopic (exact) mass is 400 g/mol. The molecule has 0 N–H and O–H groups in total. The molecule has 2 aliphatic carbocycles. The standard InChI is InChI=1S/C28H32O2/c1-16-6-5-7-22-11-24-10-20(8-9-21(24)13-26(16)22)19(4)30-28(29)15-25-12-23-14-27(25)18(3)17(23)2/h5-11,13,17-19,23,25,27H,12,14-15H2,1-4H3. The van der Waals surface area contributed by atoms with Gasteiger partial charge >= 0.3 is 5.97 Å². The number of ether oxygens (including phenoxy) is 1. The van der Waals surface area contributed by atoms with E-state index in [-0.39, 0.29) is 12.1 Å². The third-order valence-electron chi connectivity index (χ3n) is 8.32. The molecule has 2 nitrogen and oxygen atoms in total. The van der Waals surface area contributed by atoms with Gasteiger partial charge in [-0.15, -0.1) is 0 Å². The third kappa shape index (κ3) is 3.31. The summed E-state index contributed by atoms with van der Waals surface area (Å²) in [5.41, 5.74) is 2.36. The number of benzene rings is 3. The molecule has 0 saturated heterocycles. The highest BCUT2D eigenvalue weighted by Crippen LogP contribution is 2.55. The van der Waals surface area contributed by atoms with E-state index < -0.39 is 0 Å². The van der Waals surface area contributed by atoms with E-state index in [1.807, 2.05) is 6.92 Å². The SMILES string of the molecule is Cc1cccc2cc3cc(C(C)OC(=O)CC4CC5CC4C(C)C5C)ccc3cc12. The van der Waals surface area contributed by atoms with Crippen LogP contribution in [0, 0.1) is 36.5 Å². The number of rotatable bonds is 4. The lowest BCUT2D eigenvalue weighted by Crippen LogP contribution is -2.26. The van der Waals surface area contributed by atoms with Crippen molar-refractivity contribution in [1.82, 2.24) is 0 Å². The Morgan fingerprint density at radius 2 is 1.83 bits per heavy atom. The van der Waals surface area contributed by atoms with Crippen molar-refractivity contribution >= 4 is 27.5 Å². The molecule has 0 spiro atoms. The van der Waals surface area contributed by atoms with E-state index in [1.54, 1.807) is 0 Å². The second-order valence-corrected chi connectivity index (χ2v) is 9.96. The lowest BCUT2D eigenvalue weighted by Gasteiger charge is -2.31. The Labute approximate surface area is 179 Å². The van der Waals surface area contributed by atoms with E-state index in [0.29, 0.717) is 18.3 Å². The van der Waals surface area contributed by atoms with Gasteiger partial charge in [0, 0.05) is 6.42 Å². The van der Waals surface area contributed by atoms with Crippen molar-refractivity contribution in [2.24, 2.45) is 29.6 Å². The molecule has 0 aliphatic heterocycles. The minimum atomic E-state index is -0.218. The summed E-state index contributed by atoms with van der Waals surface area (Å²) in [5, 5.41) is 4.98. The molecule has 3 aromatic rings. The lowest BCUT2D eigenvalue weighted by molar-refractivity contribution is -0.150.